The Morgan fingerprint density at radius 1 is 1.22 bits per heavy atom. The Hall–Kier alpha value is -1.66. The van der Waals surface area contributed by atoms with E-state index in [1.807, 2.05) is 28.5 Å². The molecule has 0 bridgehead atoms. The van der Waals surface area contributed by atoms with Crippen molar-refractivity contribution in [1.29, 1.82) is 0 Å². The van der Waals surface area contributed by atoms with Crippen LogP contribution in [0.2, 0.25) is 0 Å². The van der Waals surface area contributed by atoms with Gasteiger partial charge in [0.15, 0.2) is 0 Å². The zero-order chi connectivity index (χ0) is 16.1. The first kappa shape index (κ1) is 16.2. The van der Waals surface area contributed by atoms with E-state index in [4.69, 9.17) is 4.74 Å². The Morgan fingerprint density at radius 2 is 2.04 bits per heavy atom. The van der Waals surface area contributed by atoms with Crippen molar-refractivity contribution >= 4 is 29.2 Å². The van der Waals surface area contributed by atoms with E-state index < -0.39 is 0 Å². The van der Waals surface area contributed by atoms with E-state index in [-0.39, 0.29) is 17.7 Å². The molecule has 23 heavy (non-hydrogen) atoms. The van der Waals surface area contributed by atoms with Gasteiger partial charge in [-0.25, -0.2) is 0 Å². The van der Waals surface area contributed by atoms with Crippen LogP contribution in [0.1, 0.15) is 17.7 Å². The topological polar surface area (TPSA) is 49.9 Å². The first-order valence-corrected chi connectivity index (χ1v) is 8.99. The normalized spacial score (nSPS) is 22.5. The SMILES string of the molecule is O=C(/C=C/c1cccs1)N1CCCC(C(=O)N2CCOCC2)C1. The third-order valence-corrected chi connectivity index (χ3v) is 5.18. The van der Waals surface area contributed by atoms with E-state index in [9.17, 15) is 9.59 Å². The molecular formula is C17H22N2O3S. The molecule has 0 radical (unpaired) electrons. The van der Waals surface area contributed by atoms with Gasteiger partial charge in [0, 0.05) is 37.1 Å². The minimum absolute atomic E-state index is 0.00197. The van der Waals surface area contributed by atoms with Crippen LogP contribution in [0.4, 0.5) is 0 Å². The summed E-state index contributed by atoms with van der Waals surface area (Å²) in [5.74, 6) is 0.104. The molecule has 2 amide bonds. The minimum atomic E-state index is -0.0686. The van der Waals surface area contributed by atoms with Crippen molar-refractivity contribution < 1.29 is 14.3 Å². The van der Waals surface area contributed by atoms with Gasteiger partial charge in [-0.1, -0.05) is 6.07 Å². The number of carbonyl (C=O) groups is 2. The van der Waals surface area contributed by atoms with E-state index in [2.05, 4.69) is 0 Å². The number of thiophene rings is 1. The number of morpholine rings is 1. The molecule has 1 unspecified atom stereocenters. The quantitative estimate of drug-likeness (QED) is 0.793. The Bertz CT molecular complexity index is 564. The van der Waals surface area contributed by atoms with E-state index >= 15 is 0 Å². The number of likely N-dealkylation sites (tertiary alicyclic amines) is 1. The summed E-state index contributed by atoms with van der Waals surface area (Å²) in [6.45, 7) is 3.84. The van der Waals surface area contributed by atoms with E-state index in [1.54, 1.807) is 22.3 Å². The van der Waals surface area contributed by atoms with Crippen molar-refractivity contribution in [3.8, 4) is 0 Å². The van der Waals surface area contributed by atoms with Gasteiger partial charge in [0.25, 0.3) is 0 Å². The van der Waals surface area contributed by atoms with E-state index in [0.29, 0.717) is 32.8 Å². The molecular weight excluding hydrogens is 312 g/mol. The lowest BCUT2D eigenvalue weighted by molar-refractivity contribution is -0.143. The van der Waals surface area contributed by atoms with Crippen LogP contribution < -0.4 is 0 Å². The summed E-state index contributed by atoms with van der Waals surface area (Å²) in [6.07, 6.45) is 5.22. The lowest BCUT2D eigenvalue weighted by Gasteiger charge is -2.35. The maximum atomic E-state index is 12.6. The van der Waals surface area contributed by atoms with Crippen molar-refractivity contribution in [3.05, 3.63) is 28.5 Å². The van der Waals surface area contributed by atoms with Crippen LogP contribution in [-0.2, 0) is 14.3 Å². The van der Waals surface area contributed by atoms with Crippen LogP contribution in [0.25, 0.3) is 6.08 Å². The summed E-state index contributed by atoms with van der Waals surface area (Å²) in [5, 5.41) is 1.99. The van der Waals surface area contributed by atoms with Gasteiger partial charge in [-0.05, 0) is 30.4 Å². The monoisotopic (exact) mass is 334 g/mol. The fourth-order valence-corrected chi connectivity index (χ4v) is 3.68. The zero-order valence-electron chi connectivity index (χ0n) is 13.1. The number of hydrogen-bond donors (Lipinski definition) is 0. The first-order chi connectivity index (χ1) is 11.2. The molecule has 2 aliphatic heterocycles. The van der Waals surface area contributed by atoms with Crippen molar-refractivity contribution in [2.24, 2.45) is 5.92 Å². The number of hydrogen-bond acceptors (Lipinski definition) is 4. The molecule has 5 nitrogen and oxygen atoms in total. The summed E-state index contributed by atoms with van der Waals surface area (Å²) >= 11 is 1.61. The molecule has 0 saturated carbocycles. The molecule has 3 heterocycles. The second kappa shape index (κ2) is 7.75. The Morgan fingerprint density at radius 3 is 2.78 bits per heavy atom. The first-order valence-electron chi connectivity index (χ1n) is 8.11. The van der Waals surface area contributed by atoms with Gasteiger partial charge in [0.1, 0.15) is 0 Å². The molecule has 1 aromatic heterocycles. The van der Waals surface area contributed by atoms with Gasteiger partial charge >= 0.3 is 0 Å². The highest BCUT2D eigenvalue weighted by atomic mass is 32.1. The second-order valence-electron chi connectivity index (χ2n) is 5.91. The van der Waals surface area contributed by atoms with Crippen molar-refractivity contribution in [1.82, 2.24) is 9.80 Å². The standard InChI is InChI=1S/C17H22N2O3S/c20-16(6-5-15-4-2-12-23-15)19-7-1-3-14(13-19)17(21)18-8-10-22-11-9-18/h2,4-6,12,14H,1,3,7-11,13H2/b6-5+. The van der Waals surface area contributed by atoms with Gasteiger partial charge in [-0.15, -0.1) is 11.3 Å². The van der Waals surface area contributed by atoms with Crippen LogP contribution in [0.5, 0.6) is 0 Å². The van der Waals surface area contributed by atoms with Crippen LogP contribution in [0, 0.1) is 5.92 Å². The maximum Gasteiger partial charge on any atom is 0.246 e. The van der Waals surface area contributed by atoms with Gasteiger partial charge < -0.3 is 14.5 Å². The molecule has 1 aromatic rings. The molecule has 2 saturated heterocycles. The lowest BCUT2D eigenvalue weighted by Crippen LogP contribution is -2.49. The molecule has 0 N–H and O–H groups in total. The molecule has 0 spiro atoms. The molecule has 0 aromatic carbocycles. The predicted molar refractivity (Wildman–Crippen MR) is 90.1 cm³/mol. The van der Waals surface area contributed by atoms with Crippen LogP contribution in [0.15, 0.2) is 23.6 Å². The summed E-state index contributed by atoms with van der Waals surface area (Å²) in [4.78, 5) is 29.7. The number of nitrogens with zero attached hydrogens (tertiary/aromatic N) is 2. The molecule has 124 valence electrons. The van der Waals surface area contributed by atoms with Crippen LogP contribution in [0.3, 0.4) is 0 Å². The smallest absolute Gasteiger partial charge is 0.246 e. The predicted octanol–water partition coefficient (Wildman–Crippen LogP) is 1.86. The van der Waals surface area contributed by atoms with Gasteiger partial charge in [0.2, 0.25) is 11.8 Å². The highest BCUT2D eigenvalue weighted by Crippen LogP contribution is 2.20. The Labute approximate surface area is 140 Å². The molecule has 3 rings (SSSR count). The third-order valence-electron chi connectivity index (χ3n) is 4.34. The van der Waals surface area contributed by atoms with E-state index in [1.165, 1.54) is 0 Å². The summed E-state index contributed by atoms with van der Waals surface area (Å²) in [6, 6.07) is 3.95. The summed E-state index contributed by atoms with van der Waals surface area (Å²) < 4.78 is 5.30. The molecule has 1 atom stereocenters. The van der Waals surface area contributed by atoms with Crippen LogP contribution in [-0.4, -0.2) is 61.0 Å². The largest absolute Gasteiger partial charge is 0.378 e. The van der Waals surface area contributed by atoms with Crippen molar-refractivity contribution in [2.45, 2.75) is 12.8 Å². The molecule has 6 heteroatoms. The average Bonchev–Trinajstić information content (AvgIpc) is 3.13. The van der Waals surface area contributed by atoms with Gasteiger partial charge in [-0.2, -0.15) is 0 Å². The van der Waals surface area contributed by atoms with Crippen molar-refractivity contribution in [2.75, 3.05) is 39.4 Å². The fraction of sp³-hybridized carbons (Fsp3) is 0.529. The summed E-state index contributed by atoms with van der Waals surface area (Å²) in [7, 11) is 0. The number of piperidine rings is 1. The highest BCUT2D eigenvalue weighted by molar-refractivity contribution is 7.10. The van der Waals surface area contributed by atoms with E-state index in [0.717, 1.165) is 24.3 Å². The number of ether oxygens (including phenoxy) is 1. The maximum absolute atomic E-state index is 12.6. The average molecular weight is 334 g/mol. The fourth-order valence-electron chi connectivity index (χ4n) is 3.07. The zero-order valence-corrected chi connectivity index (χ0v) is 14.0. The highest BCUT2D eigenvalue weighted by Gasteiger charge is 2.31. The second-order valence-corrected chi connectivity index (χ2v) is 6.89. The lowest BCUT2D eigenvalue weighted by atomic mass is 9.96. The van der Waals surface area contributed by atoms with Crippen molar-refractivity contribution in [3.63, 3.8) is 0 Å². The molecule has 0 aliphatic carbocycles. The van der Waals surface area contributed by atoms with Crippen LogP contribution >= 0.6 is 11.3 Å². The third kappa shape index (κ3) is 4.20. The number of rotatable bonds is 3. The number of amides is 2. The minimum Gasteiger partial charge on any atom is -0.378 e. The summed E-state index contributed by atoms with van der Waals surface area (Å²) in [5.41, 5.74) is 0. The Balaban J connectivity index is 1.56. The van der Waals surface area contributed by atoms with Gasteiger partial charge in [0.05, 0.1) is 19.1 Å². The molecule has 2 fully saturated rings. The van der Waals surface area contributed by atoms with Gasteiger partial charge in [-0.3, -0.25) is 9.59 Å². The molecule has 2 aliphatic rings. The Kier molecular flexibility index (Phi) is 5.46. The number of carbonyl (C=O) groups excluding carboxylic acids is 2.